The van der Waals surface area contributed by atoms with Gasteiger partial charge in [0.05, 0.1) is 46.2 Å². The first kappa shape index (κ1) is 36.3. The van der Waals surface area contributed by atoms with Crippen LogP contribution in [0.2, 0.25) is 0 Å². The quantitative estimate of drug-likeness (QED) is 0.267. The van der Waals surface area contributed by atoms with Crippen molar-refractivity contribution in [3.05, 3.63) is 117 Å². The largest absolute Gasteiger partial charge is 0.368 e. The predicted octanol–water partition coefficient (Wildman–Crippen LogP) is 4.32. The number of pyridine rings is 2. The predicted molar refractivity (Wildman–Crippen MR) is 227 cm³/mol. The first-order valence-corrected chi connectivity index (χ1v) is 19.5. The molecule has 0 bridgehead atoms. The van der Waals surface area contributed by atoms with E-state index in [1.807, 2.05) is 78.6 Å². The summed E-state index contributed by atoms with van der Waals surface area (Å²) in [6, 6.07) is 19.9. The smallest absolute Gasteiger partial charge is 0.258 e. The number of aryl methyl sites for hydroxylation is 4. The summed E-state index contributed by atoms with van der Waals surface area (Å²) in [5.74, 6) is 0. The monoisotopic (exact) mass is 762 g/mol. The lowest BCUT2D eigenvalue weighted by molar-refractivity contribution is 0.484. The fourth-order valence-corrected chi connectivity index (χ4v) is 8.35. The number of piperazine rings is 2. The van der Waals surface area contributed by atoms with Gasteiger partial charge in [-0.25, -0.2) is 9.97 Å². The molecule has 8 aromatic rings. The molecule has 0 spiro atoms. The third-order valence-corrected chi connectivity index (χ3v) is 11.1. The van der Waals surface area contributed by atoms with Crippen LogP contribution >= 0.6 is 0 Å². The molecule has 2 aliphatic heterocycles. The molecule has 2 fully saturated rings. The molecule has 2 N–H and O–H groups in total. The van der Waals surface area contributed by atoms with E-state index in [1.54, 1.807) is 20.9 Å². The molecule has 0 radical (unpaired) electrons. The Labute approximate surface area is 329 Å². The Kier molecular flexibility index (Phi) is 9.29. The maximum atomic E-state index is 12.9. The van der Waals surface area contributed by atoms with Crippen LogP contribution in [0.15, 0.2) is 95.0 Å². The molecule has 57 heavy (non-hydrogen) atoms. The number of nitrogens with one attached hydrogen (secondary N) is 2. The van der Waals surface area contributed by atoms with Gasteiger partial charge in [0.15, 0.2) is 0 Å². The highest BCUT2D eigenvalue weighted by molar-refractivity contribution is 5.88. The van der Waals surface area contributed by atoms with Gasteiger partial charge in [0.1, 0.15) is 11.3 Å². The number of aromatic nitrogens is 8. The lowest BCUT2D eigenvalue weighted by Gasteiger charge is -2.33. The summed E-state index contributed by atoms with van der Waals surface area (Å²) in [6.45, 7) is 12.9. The second kappa shape index (κ2) is 14.6. The van der Waals surface area contributed by atoms with Crippen LogP contribution in [0.3, 0.4) is 0 Å². The zero-order chi connectivity index (χ0) is 39.4. The summed E-state index contributed by atoms with van der Waals surface area (Å²) in [4.78, 5) is 39.8. The van der Waals surface area contributed by atoms with Crippen LogP contribution in [0.1, 0.15) is 18.1 Å². The summed E-state index contributed by atoms with van der Waals surface area (Å²) in [5.41, 5.74) is 10.9. The van der Waals surface area contributed by atoms with E-state index in [2.05, 4.69) is 69.6 Å². The molecule has 8 heterocycles. The molecule has 14 nitrogen and oxygen atoms in total. The van der Waals surface area contributed by atoms with Gasteiger partial charge in [-0.2, -0.15) is 10.2 Å². The molecule has 0 aliphatic carbocycles. The van der Waals surface area contributed by atoms with Crippen LogP contribution < -0.4 is 31.6 Å². The maximum absolute atomic E-state index is 12.9. The Morgan fingerprint density at radius 1 is 0.632 bits per heavy atom. The molecule has 0 saturated carbocycles. The standard InChI is InChI=1S/C22H24N6O.C21H22N6O/c1-14-8-16(9-17-11-24-26(3)22(14)17)19-10-21(29)28-13-18(4-5-20(28)25-19)27-7-6-23-15(2)12-27;1-14-9-15(10-16-12-23-25(2)21(14)16)18-11-20(28)27-13-17(3-4-19(27)24-18)26-7-5-22-6-8-26/h4-5,8-11,13,15,23H,6-7,12H2,1-3H3;3-4,9-13,22H,5-8H2,1-2H3/t15-;/m0./s1. The van der Waals surface area contributed by atoms with Gasteiger partial charge in [-0.1, -0.05) is 0 Å². The van der Waals surface area contributed by atoms with E-state index in [0.29, 0.717) is 28.7 Å². The molecule has 6 aromatic heterocycles. The van der Waals surface area contributed by atoms with Crippen molar-refractivity contribution in [3.8, 4) is 22.5 Å². The molecule has 2 aromatic carbocycles. The Balaban J connectivity index is 0.000000148. The molecular weight excluding hydrogens is 717 g/mol. The minimum Gasteiger partial charge on any atom is -0.368 e. The molecule has 0 amide bonds. The van der Waals surface area contributed by atoms with Gasteiger partial charge >= 0.3 is 0 Å². The summed E-state index contributed by atoms with van der Waals surface area (Å²) >= 11 is 0. The van der Waals surface area contributed by atoms with Crippen LogP contribution in [0.4, 0.5) is 11.4 Å². The molecule has 1 atom stereocenters. The normalized spacial score (nSPS) is 16.1. The third kappa shape index (κ3) is 6.91. The van der Waals surface area contributed by atoms with E-state index in [0.717, 1.165) is 101 Å². The molecule has 14 heteroatoms. The number of nitrogens with zero attached hydrogens (tertiary/aromatic N) is 10. The second-order valence-electron chi connectivity index (χ2n) is 15.2. The van der Waals surface area contributed by atoms with E-state index >= 15 is 0 Å². The van der Waals surface area contributed by atoms with Gasteiger partial charge in [-0.15, -0.1) is 0 Å². The van der Waals surface area contributed by atoms with Crippen molar-refractivity contribution >= 4 is 44.5 Å². The molecule has 290 valence electrons. The van der Waals surface area contributed by atoms with Crippen molar-refractivity contribution in [2.45, 2.75) is 26.8 Å². The molecule has 0 unspecified atom stereocenters. The van der Waals surface area contributed by atoms with Crippen LogP contribution in [-0.4, -0.2) is 90.2 Å². The number of rotatable bonds is 4. The molecule has 2 aliphatic rings. The van der Waals surface area contributed by atoms with E-state index in [-0.39, 0.29) is 11.1 Å². The van der Waals surface area contributed by atoms with Gasteiger partial charge in [-0.3, -0.25) is 27.8 Å². The Morgan fingerprint density at radius 2 is 1.12 bits per heavy atom. The zero-order valence-corrected chi connectivity index (χ0v) is 32.9. The van der Waals surface area contributed by atoms with Crippen molar-refractivity contribution in [2.75, 3.05) is 55.6 Å². The molecule has 10 rings (SSSR count). The second-order valence-corrected chi connectivity index (χ2v) is 15.2. The summed E-state index contributed by atoms with van der Waals surface area (Å²) in [7, 11) is 3.87. The highest BCUT2D eigenvalue weighted by Gasteiger charge is 2.18. The first-order chi connectivity index (χ1) is 27.6. The summed E-state index contributed by atoms with van der Waals surface area (Å²) < 4.78 is 7.02. The van der Waals surface area contributed by atoms with Crippen molar-refractivity contribution in [2.24, 2.45) is 14.1 Å². The fourth-order valence-electron chi connectivity index (χ4n) is 8.35. The fraction of sp³-hybridized carbons (Fsp3) is 0.302. The molecular formula is C43H46N12O2. The summed E-state index contributed by atoms with van der Waals surface area (Å²) in [5, 5.41) is 17.6. The number of hydrogen-bond donors (Lipinski definition) is 2. The highest BCUT2D eigenvalue weighted by atomic mass is 16.1. The average Bonchev–Trinajstić information content (AvgIpc) is 3.80. The molecule has 2 saturated heterocycles. The van der Waals surface area contributed by atoms with Crippen molar-refractivity contribution in [1.82, 2.24) is 49.0 Å². The average molecular weight is 763 g/mol. The van der Waals surface area contributed by atoms with Gasteiger partial charge in [0.2, 0.25) is 0 Å². The lowest BCUT2D eigenvalue weighted by Crippen LogP contribution is -2.49. The number of anilines is 2. The minimum atomic E-state index is -0.0704. The van der Waals surface area contributed by atoms with Crippen molar-refractivity contribution < 1.29 is 0 Å². The van der Waals surface area contributed by atoms with Gasteiger partial charge in [0.25, 0.3) is 11.1 Å². The van der Waals surface area contributed by atoms with Crippen molar-refractivity contribution in [3.63, 3.8) is 0 Å². The highest BCUT2D eigenvalue weighted by Crippen LogP contribution is 2.28. The van der Waals surface area contributed by atoms with E-state index < -0.39 is 0 Å². The van der Waals surface area contributed by atoms with Crippen LogP contribution in [0.5, 0.6) is 0 Å². The number of hydrogen-bond acceptors (Lipinski definition) is 10. The Hall–Kier alpha value is -6.38. The Bertz CT molecular complexity index is 2940. The maximum Gasteiger partial charge on any atom is 0.258 e. The lowest BCUT2D eigenvalue weighted by atomic mass is 10.0. The van der Waals surface area contributed by atoms with Crippen LogP contribution in [0, 0.1) is 13.8 Å². The van der Waals surface area contributed by atoms with E-state index in [9.17, 15) is 9.59 Å². The van der Waals surface area contributed by atoms with E-state index in [4.69, 9.17) is 9.97 Å². The third-order valence-electron chi connectivity index (χ3n) is 11.1. The minimum absolute atomic E-state index is 0.0686. The first-order valence-electron chi connectivity index (χ1n) is 19.5. The van der Waals surface area contributed by atoms with Gasteiger partial charge in [-0.05, 0) is 80.4 Å². The van der Waals surface area contributed by atoms with Crippen LogP contribution in [-0.2, 0) is 14.1 Å². The van der Waals surface area contributed by atoms with Gasteiger partial charge < -0.3 is 20.4 Å². The SMILES string of the molecule is Cc1cc(-c2cc(=O)n3cc(N4CCNCC4)ccc3n2)cc2cnn(C)c12.Cc1cc(-c2cc(=O)n3cc(N4CCN[C@@H](C)C4)ccc3n2)cc2cnn(C)c12. The topological polar surface area (TPSA) is 135 Å². The number of benzene rings is 2. The number of fused-ring (bicyclic) bond motifs is 4. The Morgan fingerprint density at radius 3 is 1.63 bits per heavy atom. The van der Waals surface area contributed by atoms with Crippen molar-refractivity contribution in [1.29, 1.82) is 0 Å². The van der Waals surface area contributed by atoms with Gasteiger partial charge in [0, 0.05) is 112 Å². The summed E-state index contributed by atoms with van der Waals surface area (Å²) in [6.07, 6.45) is 7.50. The van der Waals surface area contributed by atoms with Crippen LogP contribution in [0.25, 0.3) is 55.6 Å². The zero-order valence-electron chi connectivity index (χ0n) is 32.9. The van der Waals surface area contributed by atoms with E-state index in [1.165, 1.54) is 0 Å².